The van der Waals surface area contributed by atoms with Crippen molar-refractivity contribution in [1.82, 2.24) is 10.6 Å². The van der Waals surface area contributed by atoms with Gasteiger partial charge in [0.25, 0.3) is 0 Å². The van der Waals surface area contributed by atoms with Gasteiger partial charge < -0.3 is 31.1 Å². The molecule has 0 aromatic rings. The number of nitrogens with one attached hydrogen (secondary N) is 2. The highest BCUT2D eigenvalue weighted by Gasteiger charge is 2.25. The zero-order valence-corrected chi connectivity index (χ0v) is 13.4. The van der Waals surface area contributed by atoms with E-state index in [1.807, 2.05) is 5.32 Å². The highest BCUT2D eigenvalue weighted by Crippen LogP contribution is 1.98. The van der Waals surface area contributed by atoms with E-state index >= 15 is 0 Å². The summed E-state index contributed by atoms with van der Waals surface area (Å²) in [6, 6.07) is -2.81. The van der Waals surface area contributed by atoms with Gasteiger partial charge in [0.05, 0.1) is 5.75 Å². The fourth-order valence-corrected chi connectivity index (χ4v) is 2.42. The summed E-state index contributed by atoms with van der Waals surface area (Å²) >= 11 is 4.25. The summed E-state index contributed by atoms with van der Waals surface area (Å²) in [6.45, 7) is -0.751. The van der Waals surface area contributed by atoms with E-state index in [0.29, 0.717) is 0 Å². The van der Waals surface area contributed by atoms with Crippen LogP contribution in [0.25, 0.3) is 0 Å². The number of carbonyl (C=O) groups is 4. The van der Waals surface area contributed by atoms with Gasteiger partial charge in [-0.25, -0.2) is 4.21 Å². The molecule has 0 spiro atoms. The van der Waals surface area contributed by atoms with Crippen molar-refractivity contribution in [3.63, 3.8) is 0 Å². The number of carboxylic acids is 2. The van der Waals surface area contributed by atoms with Gasteiger partial charge in [0, 0.05) is 17.6 Å². The molecule has 0 bridgehead atoms. The number of hydrogen-bond acceptors (Lipinski definition) is 7. The number of aliphatic carboxylic acids is 2. The molecule has 0 aliphatic carbocycles. The highest BCUT2D eigenvalue weighted by molar-refractivity contribution is 8.29. The van der Waals surface area contributed by atoms with Crippen LogP contribution in [0.2, 0.25) is 0 Å². The quantitative estimate of drug-likeness (QED) is 0.231. The van der Waals surface area contributed by atoms with Crippen LogP contribution in [-0.2, 0) is 39.1 Å². The molecule has 23 heavy (non-hydrogen) atoms. The number of nitrogens with two attached hydrogens (primary N) is 1. The molecule has 11 nitrogen and oxygen atoms in total. The predicted octanol–water partition coefficient (Wildman–Crippen LogP) is -2.92. The van der Waals surface area contributed by atoms with Crippen LogP contribution in [0.1, 0.15) is 12.8 Å². The molecule has 0 rings (SSSR count). The van der Waals surface area contributed by atoms with Crippen LogP contribution in [-0.4, -0.2) is 67.1 Å². The molecule has 7 N–H and O–H groups in total. The topological polar surface area (TPSA) is 196 Å². The third-order valence-corrected chi connectivity index (χ3v) is 3.61. The second kappa shape index (κ2) is 9.34. The van der Waals surface area contributed by atoms with Crippen LogP contribution in [0, 0.1) is 0 Å². The van der Waals surface area contributed by atoms with Gasteiger partial charge in [-0.1, -0.05) is 0 Å². The minimum atomic E-state index is -3.81. The summed E-state index contributed by atoms with van der Waals surface area (Å²) in [5, 5.41) is 21.1. The molecular weight excluding hydrogens is 354 g/mol. The molecule has 0 heterocycles. The molecule has 0 aliphatic heterocycles. The Labute approximate surface area is 136 Å². The standard InChI is InChI=1S/C10H17N3O8S2/c11-5(10(18)19)1-2-7(14)13-6(4-23(20,21)22)9(17)12-3-8(15)16/h5-6H,1-4,11H2,(H,12,17)(H,13,14)(H,15,16)(H,18,19)(H,20,21,22)/t5-,6-/m0/s1. The second-order valence-electron chi connectivity index (χ2n) is 4.46. The molecule has 0 fully saturated rings. The van der Waals surface area contributed by atoms with Crippen LogP contribution in [0.5, 0.6) is 0 Å². The summed E-state index contributed by atoms with van der Waals surface area (Å²) < 4.78 is 20.3. The summed E-state index contributed by atoms with van der Waals surface area (Å²) in [7, 11) is -3.81. The average molecular weight is 371 g/mol. The Hall–Kier alpha value is -1.83. The minimum Gasteiger partial charge on any atom is -0.480 e. The molecule has 0 saturated carbocycles. The van der Waals surface area contributed by atoms with Gasteiger partial charge in [-0.2, -0.15) is 0 Å². The van der Waals surface area contributed by atoms with Crippen molar-refractivity contribution in [3.8, 4) is 0 Å². The Bertz CT molecular complexity index is 577. The fourth-order valence-electron chi connectivity index (χ4n) is 1.36. The first-order valence-corrected chi connectivity index (χ1v) is 8.75. The molecule has 1 unspecified atom stereocenters. The van der Waals surface area contributed by atoms with E-state index in [9.17, 15) is 23.4 Å². The molecular formula is C10H17N3O8S2. The van der Waals surface area contributed by atoms with E-state index in [4.69, 9.17) is 20.5 Å². The molecule has 0 aliphatic rings. The zero-order chi connectivity index (χ0) is 18.2. The largest absolute Gasteiger partial charge is 0.480 e. The predicted molar refractivity (Wildman–Crippen MR) is 80.4 cm³/mol. The lowest BCUT2D eigenvalue weighted by molar-refractivity contribution is -0.139. The van der Waals surface area contributed by atoms with Gasteiger partial charge in [-0.15, -0.1) is 0 Å². The highest BCUT2D eigenvalue weighted by atomic mass is 32.8. The van der Waals surface area contributed by atoms with Gasteiger partial charge in [0.2, 0.25) is 11.8 Å². The summed E-state index contributed by atoms with van der Waals surface area (Å²) in [5.41, 5.74) is 5.21. The summed E-state index contributed by atoms with van der Waals surface area (Å²) in [6.07, 6.45) is -0.562. The molecule has 132 valence electrons. The third-order valence-electron chi connectivity index (χ3n) is 2.44. The Kier molecular flexibility index (Phi) is 8.60. The van der Waals surface area contributed by atoms with Gasteiger partial charge in [-0.05, 0) is 6.42 Å². The van der Waals surface area contributed by atoms with Gasteiger partial charge in [-0.3, -0.25) is 19.2 Å². The summed E-state index contributed by atoms with van der Waals surface area (Å²) in [4.78, 5) is 44.3. The van der Waals surface area contributed by atoms with Crippen molar-refractivity contribution in [2.45, 2.75) is 24.9 Å². The Morgan fingerprint density at radius 3 is 2.22 bits per heavy atom. The van der Waals surface area contributed by atoms with Crippen LogP contribution >= 0.6 is 0 Å². The maximum absolute atomic E-state index is 11.7. The average Bonchev–Trinajstić information content (AvgIpc) is 2.39. The molecule has 0 aromatic carbocycles. The Morgan fingerprint density at radius 1 is 1.22 bits per heavy atom. The van der Waals surface area contributed by atoms with Crippen LogP contribution in [0.4, 0.5) is 0 Å². The lowest BCUT2D eigenvalue weighted by Gasteiger charge is -2.17. The van der Waals surface area contributed by atoms with Gasteiger partial charge in [0.1, 0.15) is 27.4 Å². The zero-order valence-electron chi connectivity index (χ0n) is 11.8. The van der Waals surface area contributed by atoms with Gasteiger partial charge >= 0.3 is 11.9 Å². The molecule has 13 heteroatoms. The van der Waals surface area contributed by atoms with Crippen molar-refractivity contribution in [3.05, 3.63) is 0 Å². The Balaban J connectivity index is 4.74. The maximum atomic E-state index is 11.7. The normalized spacial score (nSPS) is 15.7. The van der Waals surface area contributed by atoms with E-state index in [2.05, 4.69) is 16.5 Å². The minimum absolute atomic E-state index is 0.215. The first-order valence-electron chi connectivity index (χ1n) is 6.14. The smallest absolute Gasteiger partial charge is 0.322 e. The molecule has 0 aromatic heterocycles. The van der Waals surface area contributed by atoms with E-state index in [0.717, 1.165) is 0 Å². The van der Waals surface area contributed by atoms with Crippen molar-refractivity contribution in [1.29, 1.82) is 0 Å². The molecule has 0 saturated heterocycles. The molecule has 3 atom stereocenters. The number of amides is 2. The maximum Gasteiger partial charge on any atom is 0.322 e. The fraction of sp³-hybridized carbons (Fsp3) is 0.600. The first-order chi connectivity index (χ1) is 10.4. The molecule has 2 amide bonds. The van der Waals surface area contributed by atoms with Crippen molar-refractivity contribution in [2.75, 3.05) is 12.3 Å². The van der Waals surface area contributed by atoms with E-state index in [-0.39, 0.29) is 12.8 Å². The third kappa shape index (κ3) is 10.5. The Morgan fingerprint density at radius 2 is 1.78 bits per heavy atom. The van der Waals surface area contributed by atoms with Crippen LogP contribution in [0.3, 0.4) is 0 Å². The van der Waals surface area contributed by atoms with Crippen molar-refractivity contribution < 1.29 is 38.2 Å². The van der Waals surface area contributed by atoms with Crippen LogP contribution in [0.15, 0.2) is 0 Å². The number of carboxylic acid groups (broad SMARTS) is 2. The van der Waals surface area contributed by atoms with Gasteiger partial charge in [0.15, 0.2) is 0 Å². The number of rotatable bonds is 10. The van der Waals surface area contributed by atoms with Crippen molar-refractivity contribution >= 4 is 43.7 Å². The number of hydrogen-bond donors (Lipinski definition) is 6. The SMILES string of the molecule is N[C@@H](CCC(=O)N[C@@H](CS(=O)(O)=S)C(=O)NCC(=O)O)C(=O)O. The van der Waals surface area contributed by atoms with Crippen molar-refractivity contribution in [2.24, 2.45) is 5.73 Å². The lowest BCUT2D eigenvalue weighted by atomic mass is 10.1. The van der Waals surface area contributed by atoms with Crippen LogP contribution < -0.4 is 16.4 Å². The monoisotopic (exact) mass is 371 g/mol. The lowest BCUT2D eigenvalue weighted by Crippen LogP contribution is -2.51. The summed E-state index contributed by atoms with van der Waals surface area (Å²) in [5.74, 6) is -5.26. The molecule has 0 radical (unpaired) electrons. The first kappa shape index (κ1) is 21.2. The van der Waals surface area contributed by atoms with E-state index in [1.54, 1.807) is 0 Å². The van der Waals surface area contributed by atoms with E-state index in [1.165, 1.54) is 0 Å². The van der Waals surface area contributed by atoms with E-state index < -0.39 is 56.9 Å². The second-order valence-corrected chi connectivity index (χ2v) is 7.52. The number of carbonyl (C=O) groups excluding carboxylic acids is 2.